The molecule has 7 nitrogen and oxygen atoms in total. The first kappa shape index (κ1) is 15.9. The van der Waals surface area contributed by atoms with Crippen molar-refractivity contribution in [1.82, 2.24) is 15.0 Å². The molecule has 0 aromatic carbocycles. The Kier molecular flexibility index (Phi) is 4.69. The van der Waals surface area contributed by atoms with Gasteiger partial charge in [0.05, 0.1) is 12.5 Å². The minimum atomic E-state index is -0.484. The van der Waals surface area contributed by atoms with Gasteiger partial charge in [0.2, 0.25) is 5.89 Å². The first-order valence-electron chi connectivity index (χ1n) is 9.27. The number of carbonyl (C=O) groups excluding carboxylic acids is 1. The van der Waals surface area contributed by atoms with Gasteiger partial charge in [-0.2, -0.15) is 4.98 Å². The summed E-state index contributed by atoms with van der Waals surface area (Å²) in [5, 5.41) is 6.49. The minimum Gasteiger partial charge on any atom is -0.449 e. The molecule has 4 fully saturated rings. The quantitative estimate of drug-likeness (QED) is 0.911. The van der Waals surface area contributed by atoms with Crippen LogP contribution in [0.1, 0.15) is 56.8 Å². The second-order valence-electron chi connectivity index (χ2n) is 7.43. The Balaban J connectivity index is 1.28. The summed E-state index contributed by atoms with van der Waals surface area (Å²) in [6.45, 7) is 3.82. The van der Waals surface area contributed by atoms with Crippen molar-refractivity contribution in [1.29, 1.82) is 0 Å². The normalized spacial score (nSPS) is 30.2. The zero-order valence-corrected chi connectivity index (χ0v) is 14.1. The van der Waals surface area contributed by atoms with Gasteiger partial charge in [0.25, 0.3) is 5.95 Å². The zero-order chi connectivity index (χ0) is 16.4. The summed E-state index contributed by atoms with van der Waals surface area (Å²) in [5.74, 6) is 2.29. The van der Waals surface area contributed by atoms with Crippen molar-refractivity contribution in [3.63, 3.8) is 0 Å². The van der Waals surface area contributed by atoms with Gasteiger partial charge in [-0.1, -0.05) is 19.3 Å². The molecule has 0 radical (unpaired) electrons. The summed E-state index contributed by atoms with van der Waals surface area (Å²) >= 11 is 0. The number of fused-ring (bicyclic) bond motifs is 3. The smallest absolute Gasteiger partial charge is 0.414 e. The fraction of sp³-hybridized carbons (Fsp3) is 0.824. The Morgan fingerprint density at radius 1 is 1.21 bits per heavy atom. The molecule has 7 heteroatoms. The standard InChI is InChI=1S/C17H26N4O3/c22-17(23-11-12-4-2-1-3-5-12)19-16-18-15(24-20-16)14-10-21-8-6-13(14)7-9-21/h12-14H,1-11H2,(H,19,20,22). The van der Waals surface area contributed by atoms with Gasteiger partial charge in [-0.15, -0.1) is 0 Å². The van der Waals surface area contributed by atoms with Crippen molar-refractivity contribution in [2.45, 2.75) is 50.9 Å². The highest BCUT2D eigenvalue weighted by Gasteiger charge is 2.38. The van der Waals surface area contributed by atoms with Crippen molar-refractivity contribution < 1.29 is 14.1 Å². The van der Waals surface area contributed by atoms with Crippen LogP contribution in [-0.4, -0.2) is 47.4 Å². The van der Waals surface area contributed by atoms with E-state index in [2.05, 4.69) is 20.4 Å². The van der Waals surface area contributed by atoms with Crippen molar-refractivity contribution in [3.05, 3.63) is 5.89 Å². The van der Waals surface area contributed by atoms with Crippen molar-refractivity contribution in [3.8, 4) is 0 Å². The van der Waals surface area contributed by atoms with Crippen LogP contribution in [0, 0.1) is 11.8 Å². The van der Waals surface area contributed by atoms with Crippen LogP contribution in [0.2, 0.25) is 0 Å². The highest BCUT2D eigenvalue weighted by Crippen LogP contribution is 2.38. The number of hydrogen-bond donors (Lipinski definition) is 1. The molecule has 1 saturated carbocycles. The predicted octanol–water partition coefficient (Wildman–Crippen LogP) is 3.01. The van der Waals surface area contributed by atoms with E-state index in [1.54, 1.807) is 0 Å². The Bertz CT molecular complexity index is 562. The topological polar surface area (TPSA) is 80.5 Å². The van der Waals surface area contributed by atoms with E-state index in [0.717, 1.165) is 19.4 Å². The molecule has 4 aliphatic rings. The lowest BCUT2D eigenvalue weighted by Gasteiger charge is -2.43. The maximum Gasteiger partial charge on any atom is 0.414 e. The number of nitrogens with one attached hydrogen (secondary N) is 1. The molecule has 0 spiro atoms. The summed E-state index contributed by atoms with van der Waals surface area (Å²) < 4.78 is 10.7. The molecule has 132 valence electrons. The highest BCUT2D eigenvalue weighted by molar-refractivity contribution is 5.82. The maximum absolute atomic E-state index is 11.9. The molecule has 1 aromatic rings. The van der Waals surface area contributed by atoms with Crippen molar-refractivity contribution in [2.75, 3.05) is 31.6 Å². The molecular formula is C17H26N4O3. The van der Waals surface area contributed by atoms with Crippen LogP contribution in [0.4, 0.5) is 10.7 Å². The van der Waals surface area contributed by atoms with Crippen LogP contribution in [0.25, 0.3) is 0 Å². The van der Waals surface area contributed by atoms with Crippen LogP contribution < -0.4 is 5.32 Å². The van der Waals surface area contributed by atoms with E-state index >= 15 is 0 Å². The molecule has 1 unspecified atom stereocenters. The molecule has 1 atom stereocenters. The van der Waals surface area contributed by atoms with Gasteiger partial charge in [0.1, 0.15) is 0 Å². The number of aromatic nitrogens is 2. The number of amides is 1. The van der Waals surface area contributed by atoms with Gasteiger partial charge in [-0.25, -0.2) is 4.79 Å². The second-order valence-corrected chi connectivity index (χ2v) is 7.43. The summed E-state index contributed by atoms with van der Waals surface area (Å²) in [4.78, 5) is 18.7. The maximum atomic E-state index is 11.9. The number of hydrogen-bond acceptors (Lipinski definition) is 6. The number of rotatable bonds is 4. The van der Waals surface area contributed by atoms with E-state index in [1.165, 1.54) is 45.2 Å². The Morgan fingerprint density at radius 3 is 2.71 bits per heavy atom. The highest BCUT2D eigenvalue weighted by atomic mass is 16.5. The summed E-state index contributed by atoms with van der Waals surface area (Å²) in [7, 11) is 0. The summed E-state index contributed by atoms with van der Waals surface area (Å²) in [6.07, 6.45) is 7.99. The van der Waals surface area contributed by atoms with Gasteiger partial charge in [-0.3, -0.25) is 5.32 Å². The molecule has 1 N–H and O–H groups in total. The minimum absolute atomic E-state index is 0.218. The van der Waals surface area contributed by atoms with Crippen LogP contribution >= 0.6 is 0 Å². The lowest BCUT2D eigenvalue weighted by atomic mass is 9.79. The number of piperidine rings is 3. The first-order valence-corrected chi connectivity index (χ1v) is 9.27. The number of anilines is 1. The Hall–Kier alpha value is -1.63. The van der Waals surface area contributed by atoms with Gasteiger partial charge >= 0.3 is 6.09 Å². The second kappa shape index (κ2) is 7.09. The van der Waals surface area contributed by atoms with Crippen molar-refractivity contribution >= 4 is 12.0 Å². The molecule has 4 heterocycles. The predicted molar refractivity (Wildman–Crippen MR) is 87.7 cm³/mol. The number of carbonyl (C=O) groups is 1. The molecule has 5 rings (SSSR count). The van der Waals surface area contributed by atoms with E-state index in [0.29, 0.717) is 30.3 Å². The lowest BCUT2D eigenvalue weighted by Crippen LogP contribution is -2.46. The average molecular weight is 334 g/mol. The lowest BCUT2D eigenvalue weighted by molar-refractivity contribution is 0.0727. The average Bonchev–Trinajstić information content (AvgIpc) is 3.10. The molecular weight excluding hydrogens is 308 g/mol. The third kappa shape index (κ3) is 3.55. The SMILES string of the molecule is O=C(Nc1noc(C2CN3CCC2CC3)n1)OCC1CCCCC1. The molecule has 3 saturated heterocycles. The van der Waals surface area contributed by atoms with Gasteiger partial charge < -0.3 is 14.2 Å². The van der Waals surface area contributed by atoms with E-state index in [4.69, 9.17) is 9.26 Å². The van der Waals surface area contributed by atoms with Gasteiger partial charge in [-0.05, 0) is 55.8 Å². The van der Waals surface area contributed by atoms with E-state index in [9.17, 15) is 4.79 Å². The molecule has 3 aliphatic heterocycles. The zero-order valence-electron chi connectivity index (χ0n) is 14.1. The molecule has 1 aliphatic carbocycles. The molecule has 1 amide bonds. The fourth-order valence-corrected chi connectivity index (χ4v) is 4.36. The van der Waals surface area contributed by atoms with Crippen LogP contribution in [0.15, 0.2) is 4.52 Å². The van der Waals surface area contributed by atoms with Gasteiger partial charge in [0.15, 0.2) is 0 Å². The molecule has 24 heavy (non-hydrogen) atoms. The number of nitrogens with zero attached hydrogens (tertiary/aromatic N) is 3. The molecule has 1 aromatic heterocycles. The van der Waals surface area contributed by atoms with Crippen LogP contribution in [0.5, 0.6) is 0 Å². The third-order valence-corrected chi connectivity index (χ3v) is 5.80. The van der Waals surface area contributed by atoms with E-state index in [1.807, 2.05) is 0 Å². The largest absolute Gasteiger partial charge is 0.449 e. The molecule has 2 bridgehead atoms. The summed E-state index contributed by atoms with van der Waals surface area (Å²) in [6, 6.07) is 0. The van der Waals surface area contributed by atoms with Crippen molar-refractivity contribution in [2.24, 2.45) is 11.8 Å². The van der Waals surface area contributed by atoms with Gasteiger partial charge in [0, 0.05) is 6.54 Å². The van der Waals surface area contributed by atoms with E-state index < -0.39 is 6.09 Å². The summed E-state index contributed by atoms with van der Waals surface area (Å²) in [5.41, 5.74) is 0. The number of ether oxygens (including phenoxy) is 1. The Labute approximate surface area is 142 Å². The fourth-order valence-electron chi connectivity index (χ4n) is 4.36. The van der Waals surface area contributed by atoms with E-state index in [-0.39, 0.29) is 5.95 Å². The first-order chi connectivity index (χ1) is 11.8. The van der Waals surface area contributed by atoms with Crippen LogP contribution in [0.3, 0.4) is 0 Å². The Morgan fingerprint density at radius 2 is 2.00 bits per heavy atom. The monoisotopic (exact) mass is 334 g/mol. The van der Waals surface area contributed by atoms with Crippen LogP contribution in [-0.2, 0) is 4.74 Å². The third-order valence-electron chi connectivity index (χ3n) is 5.80.